The van der Waals surface area contributed by atoms with E-state index in [2.05, 4.69) is 0 Å². The Morgan fingerprint density at radius 3 is 2.90 bits per heavy atom. The van der Waals surface area contributed by atoms with Crippen molar-refractivity contribution in [2.24, 2.45) is 5.92 Å². The summed E-state index contributed by atoms with van der Waals surface area (Å²) in [5, 5.41) is 10.0. The van der Waals surface area contributed by atoms with E-state index in [1.165, 1.54) is 7.11 Å². The van der Waals surface area contributed by atoms with Crippen molar-refractivity contribution >= 4 is 11.9 Å². The van der Waals surface area contributed by atoms with E-state index in [1.54, 1.807) is 4.90 Å². The number of methoxy groups -OCH3 is 1. The minimum Gasteiger partial charge on any atom is -0.511 e. The Bertz CT molecular complexity index is 608. The van der Waals surface area contributed by atoms with Crippen LogP contribution in [-0.2, 0) is 20.7 Å². The number of ether oxygens (including phenoxy) is 1. The van der Waals surface area contributed by atoms with E-state index < -0.39 is 17.9 Å². The predicted octanol–water partition coefficient (Wildman–Crippen LogP) is 1.36. The largest absolute Gasteiger partial charge is 0.511 e. The number of amides is 1. The maximum atomic E-state index is 12.0. The molecule has 2 aliphatic rings. The lowest BCUT2D eigenvalue weighted by Crippen LogP contribution is -2.48. The maximum absolute atomic E-state index is 12.0. The Morgan fingerprint density at radius 1 is 1.40 bits per heavy atom. The molecule has 1 aromatic rings. The number of fused-ring (bicyclic) bond motifs is 3. The summed E-state index contributed by atoms with van der Waals surface area (Å²) < 4.78 is 4.78. The van der Waals surface area contributed by atoms with Gasteiger partial charge in [-0.1, -0.05) is 24.3 Å². The molecule has 2 aliphatic heterocycles. The Balaban J connectivity index is 2.14. The van der Waals surface area contributed by atoms with Gasteiger partial charge in [0.15, 0.2) is 0 Å². The molecule has 20 heavy (non-hydrogen) atoms. The van der Waals surface area contributed by atoms with Gasteiger partial charge in [-0.15, -0.1) is 0 Å². The lowest BCUT2D eigenvalue weighted by Gasteiger charge is -2.42. The zero-order chi connectivity index (χ0) is 14.3. The second-order valence-electron chi connectivity index (χ2n) is 5.00. The predicted molar refractivity (Wildman–Crippen MR) is 70.8 cm³/mol. The molecular formula is C15H15NO4. The monoisotopic (exact) mass is 273 g/mol. The summed E-state index contributed by atoms with van der Waals surface area (Å²) in [5.74, 6) is -1.86. The first-order valence-electron chi connectivity index (χ1n) is 6.50. The summed E-state index contributed by atoms with van der Waals surface area (Å²) >= 11 is 0. The molecule has 0 saturated carbocycles. The summed E-state index contributed by atoms with van der Waals surface area (Å²) in [5.41, 5.74) is 2.01. The Morgan fingerprint density at radius 2 is 2.15 bits per heavy atom. The average molecular weight is 273 g/mol. The lowest BCUT2D eigenvalue weighted by atomic mass is 9.81. The zero-order valence-corrected chi connectivity index (χ0v) is 11.1. The van der Waals surface area contributed by atoms with Crippen molar-refractivity contribution in [3.05, 3.63) is 47.2 Å². The van der Waals surface area contributed by atoms with Gasteiger partial charge in [-0.2, -0.15) is 0 Å². The van der Waals surface area contributed by atoms with E-state index in [1.807, 2.05) is 24.3 Å². The van der Waals surface area contributed by atoms with E-state index >= 15 is 0 Å². The van der Waals surface area contributed by atoms with Gasteiger partial charge in [0.2, 0.25) is 0 Å². The fraction of sp³-hybridized carbons (Fsp3) is 0.333. The SMILES string of the molecule is COC(=O)[C@H]1C(O)=CC(=O)N2CCc3ccccc3[C@H]12. The molecule has 1 amide bonds. The number of hydrogen-bond acceptors (Lipinski definition) is 4. The van der Waals surface area contributed by atoms with Crippen LogP contribution in [0.15, 0.2) is 36.1 Å². The van der Waals surface area contributed by atoms with Crippen LogP contribution in [-0.4, -0.2) is 35.5 Å². The van der Waals surface area contributed by atoms with E-state index in [0.29, 0.717) is 6.54 Å². The quantitative estimate of drug-likeness (QED) is 0.784. The molecule has 5 nitrogen and oxygen atoms in total. The van der Waals surface area contributed by atoms with Gasteiger partial charge in [0.25, 0.3) is 5.91 Å². The van der Waals surface area contributed by atoms with Gasteiger partial charge in [-0.3, -0.25) is 9.59 Å². The van der Waals surface area contributed by atoms with Gasteiger partial charge in [0.05, 0.1) is 13.2 Å². The highest BCUT2D eigenvalue weighted by molar-refractivity contribution is 5.93. The smallest absolute Gasteiger partial charge is 0.318 e. The minimum absolute atomic E-state index is 0.222. The molecule has 0 saturated heterocycles. The molecular weight excluding hydrogens is 258 g/mol. The molecule has 104 valence electrons. The first-order chi connectivity index (χ1) is 9.63. The molecule has 0 unspecified atom stereocenters. The number of carbonyl (C=O) groups is 2. The topological polar surface area (TPSA) is 66.8 Å². The standard InChI is InChI=1S/C15H15NO4/c1-20-15(19)13-11(17)8-12(18)16-7-6-9-4-2-3-5-10(9)14(13)16/h2-5,8,13-14,17H,6-7H2,1H3/t13-,14+/m0/s1. The first kappa shape index (κ1) is 12.7. The second-order valence-corrected chi connectivity index (χ2v) is 5.00. The number of rotatable bonds is 1. The van der Waals surface area contributed by atoms with Gasteiger partial charge in [-0.05, 0) is 17.5 Å². The molecule has 0 fully saturated rings. The average Bonchev–Trinajstić information content (AvgIpc) is 2.46. The van der Waals surface area contributed by atoms with Gasteiger partial charge in [0, 0.05) is 12.6 Å². The fourth-order valence-electron chi connectivity index (χ4n) is 3.04. The first-order valence-corrected chi connectivity index (χ1v) is 6.50. The number of aliphatic hydroxyl groups is 1. The molecule has 0 spiro atoms. The van der Waals surface area contributed by atoms with Crippen molar-refractivity contribution in [3.63, 3.8) is 0 Å². The Labute approximate surface area is 116 Å². The van der Waals surface area contributed by atoms with Gasteiger partial charge < -0.3 is 14.7 Å². The van der Waals surface area contributed by atoms with Gasteiger partial charge >= 0.3 is 5.97 Å². The zero-order valence-electron chi connectivity index (χ0n) is 11.1. The molecule has 3 rings (SSSR count). The van der Waals surface area contributed by atoms with Crippen LogP contribution in [0.1, 0.15) is 17.2 Å². The number of aliphatic hydroxyl groups excluding tert-OH is 1. The molecule has 1 aromatic carbocycles. The van der Waals surface area contributed by atoms with Crippen LogP contribution in [0.2, 0.25) is 0 Å². The Kier molecular flexibility index (Phi) is 2.97. The number of benzene rings is 1. The summed E-state index contributed by atoms with van der Waals surface area (Å²) in [6.45, 7) is 0.539. The summed E-state index contributed by atoms with van der Waals surface area (Å²) in [4.78, 5) is 25.7. The molecule has 2 atom stereocenters. The highest BCUT2D eigenvalue weighted by atomic mass is 16.5. The highest BCUT2D eigenvalue weighted by Gasteiger charge is 2.45. The number of hydrogen-bond donors (Lipinski definition) is 1. The Hall–Kier alpha value is -2.30. The third-order valence-electron chi connectivity index (χ3n) is 3.98. The van der Waals surface area contributed by atoms with E-state index in [0.717, 1.165) is 23.6 Å². The second kappa shape index (κ2) is 4.67. The van der Waals surface area contributed by atoms with Gasteiger partial charge in [-0.25, -0.2) is 0 Å². The number of carbonyl (C=O) groups excluding carboxylic acids is 2. The van der Waals surface area contributed by atoms with E-state index in [9.17, 15) is 14.7 Å². The van der Waals surface area contributed by atoms with Crippen LogP contribution < -0.4 is 0 Å². The van der Waals surface area contributed by atoms with Crippen LogP contribution >= 0.6 is 0 Å². The van der Waals surface area contributed by atoms with E-state index in [4.69, 9.17) is 4.74 Å². The molecule has 1 N–H and O–H groups in total. The molecule has 0 aromatic heterocycles. The van der Waals surface area contributed by atoms with Crippen LogP contribution in [0.3, 0.4) is 0 Å². The van der Waals surface area contributed by atoms with Crippen molar-refractivity contribution < 1.29 is 19.4 Å². The molecule has 0 aliphatic carbocycles. The molecule has 0 bridgehead atoms. The third-order valence-corrected chi connectivity index (χ3v) is 3.98. The lowest BCUT2D eigenvalue weighted by molar-refractivity contribution is -0.150. The maximum Gasteiger partial charge on any atom is 0.318 e. The number of esters is 1. The molecule has 2 heterocycles. The highest BCUT2D eigenvalue weighted by Crippen LogP contribution is 2.41. The van der Waals surface area contributed by atoms with Crippen LogP contribution in [0.4, 0.5) is 0 Å². The normalized spacial score (nSPS) is 24.6. The third kappa shape index (κ3) is 1.78. The minimum atomic E-state index is -0.848. The molecule has 0 radical (unpaired) electrons. The van der Waals surface area contributed by atoms with Crippen molar-refractivity contribution in [3.8, 4) is 0 Å². The van der Waals surface area contributed by atoms with Crippen LogP contribution in [0.5, 0.6) is 0 Å². The summed E-state index contributed by atoms with van der Waals surface area (Å²) in [6.07, 6.45) is 1.87. The van der Waals surface area contributed by atoms with Crippen molar-refractivity contribution in [2.45, 2.75) is 12.5 Å². The number of nitrogens with zero attached hydrogens (tertiary/aromatic N) is 1. The summed E-state index contributed by atoms with van der Waals surface area (Å²) in [6, 6.07) is 7.21. The van der Waals surface area contributed by atoms with Gasteiger partial charge in [0.1, 0.15) is 11.7 Å². The van der Waals surface area contributed by atoms with E-state index in [-0.39, 0.29) is 11.7 Å². The van der Waals surface area contributed by atoms with Crippen LogP contribution in [0.25, 0.3) is 0 Å². The van der Waals surface area contributed by atoms with Crippen molar-refractivity contribution in [1.82, 2.24) is 4.90 Å². The fourth-order valence-corrected chi connectivity index (χ4v) is 3.04. The van der Waals surface area contributed by atoms with Crippen LogP contribution in [0, 0.1) is 5.92 Å². The summed E-state index contributed by atoms with van der Waals surface area (Å²) in [7, 11) is 1.28. The van der Waals surface area contributed by atoms with Crippen molar-refractivity contribution in [1.29, 1.82) is 0 Å². The molecule has 5 heteroatoms. The van der Waals surface area contributed by atoms with Crippen molar-refractivity contribution in [2.75, 3.05) is 13.7 Å².